The fourth-order valence-electron chi connectivity index (χ4n) is 3.33. The molecule has 0 amide bonds. The maximum absolute atomic E-state index is 12.9. The Labute approximate surface area is 195 Å². The standard InChI is InChI=1S/C20H24N2O4S.C2HF3O2/c1-14-9-11-22(12-10-14)18-8-7-16(20(23)24)13-17(18)21-27(25,26)19-6-4-3-5-15(19)2;3-2(4,5)1(6)7/h3-8,13-14,21H,9-12H2,1-2H3,(H,23,24);(H,6,7). The van der Waals surface area contributed by atoms with Crippen LogP contribution in [-0.2, 0) is 14.8 Å². The van der Waals surface area contributed by atoms with Gasteiger partial charge in [0.2, 0.25) is 0 Å². The van der Waals surface area contributed by atoms with E-state index in [-0.39, 0.29) is 10.5 Å². The molecule has 0 radical (unpaired) electrons. The number of rotatable bonds is 5. The van der Waals surface area contributed by atoms with Gasteiger partial charge in [0.1, 0.15) is 0 Å². The summed E-state index contributed by atoms with van der Waals surface area (Å²) >= 11 is 0. The summed E-state index contributed by atoms with van der Waals surface area (Å²) in [5.74, 6) is -3.22. The molecule has 1 aliphatic rings. The first kappa shape index (κ1) is 27.0. The van der Waals surface area contributed by atoms with Crippen LogP contribution in [0.3, 0.4) is 0 Å². The third kappa shape index (κ3) is 7.11. The molecule has 1 saturated heterocycles. The van der Waals surface area contributed by atoms with E-state index in [1.165, 1.54) is 12.1 Å². The zero-order valence-electron chi connectivity index (χ0n) is 18.5. The van der Waals surface area contributed by atoms with E-state index in [1.807, 2.05) is 0 Å². The Morgan fingerprint density at radius 3 is 2.12 bits per heavy atom. The summed E-state index contributed by atoms with van der Waals surface area (Å²) in [7, 11) is -3.83. The number of sulfonamides is 1. The van der Waals surface area contributed by atoms with Crippen molar-refractivity contribution in [2.24, 2.45) is 5.92 Å². The smallest absolute Gasteiger partial charge is 0.478 e. The van der Waals surface area contributed by atoms with Crippen molar-refractivity contribution < 1.29 is 41.4 Å². The van der Waals surface area contributed by atoms with Gasteiger partial charge in [0.15, 0.2) is 0 Å². The van der Waals surface area contributed by atoms with Gasteiger partial charge in [-0.3, -0.25) is 4.72 Å². The second kappa shape index (κ2) is 10.8. The third-order valence-corrected chi connectivity index (χ3v) is 6.76. The normalized spacial score (nSPS) is 14.7. The van der Waals surface area contributed by atoms with E-state index in [1.54, 1.807) is 37.3 Å². The monoisotopic (exact) mass is 502 g/mol. The van der Waals surface area contributed by atoms with Crippen LogP contribution in [0.4, 0.5) is 24.5 Å². The maximum Gasteiger partial charge on any atom is 0.490 e. The lowest BCUT2D eigenvalue weighted by Gasteiger charge is -2.33. The summed E-state index contributed by atoms with van der Waals surface area (Å²) in [6.07, 6.45) is -3.05. The summed E-state index contributed by atoms with van der Waals surface area (Å²) in [5.41, 5.74) is 1.69. The van der Waals surface area contributed by atoms with Gasteiger partial charge >= 0.3 is 18.1 Å². The van der Waals surface area contributed by atoms with E-state index >= 15 is 0 Å². The lowest BCUT2D eigenvalue weighted by molar-refractivity contribution is -0.192. The van der Waals surface area contributed by atoms with Crippen LogP contribution in [0.25, 0.3) is 0 Å². The molecule has 0 aliphatic carbocycles. The fourth-order valence-corrected chi connectivity index (χ4v) is 4.65. The minimum absolute atomic E-state index is 0.0478. The molecule has 0 atom stereocenters. The van der Waals surface area contributed by atoms with Gasteiger partial charge in [0, 0.05) is 13.1 Å². The highest BCUT2D eigenvalue weighted by molar-refractivity contribution is 7.92. The minimum Gasteiger partial charge on any atom is -0.478 e. The molecule has 3 N–H and O–H groups in total. The van der Waals surface area contributed by atoms with Crippen molar-refractivity contribution in [3.05, 3.63) is 53.6 Å². The van der Waals surface area contributed by atoms with Crippen LogP contribution in [0.15, 0.2) is 47.4 Å². The van der Waals surface area contributed by atoms with Crippen LogP contribution in [0.5, 0.6) is 0 Å². The third-order valence-electron chi connectivity index (χ3n) is 5.24. The van der Waals surface area contributed by atoms with Gasteiger partial charge in [-0.25, -0.2) is 18.0 Å². The summed E-state index contributed by atoms with van der Waals surface area (Å²) < 4.78 is 60.2. The molecule has 0 unspecified atom stereocenters. The van der Waals surface area contributed by atoms with Crippen LogP contribution in [0.1, 0.15) is 35.7 Å². The first-order valence-corrected chi connectivity index (χ1v) is 11.7. The van der Waals surface area contributed by atoms with E-state index in [0.717, 1.165) is 25.9 Å². The lowest BCUT2D eigenvalue weighted by Crippen LogP contribution is -2.33. The Kier molecular flexibility index (Phi) is 8.54. The van der Waals surface area contributed by atoms with Crippen molar-refractivity contribution in [3.63, 3.8) is 0 Å². The first-order valence-electron chi connectivity index (χ1n) is 10.2. The minimum atomic E-state index is -5.08. The number of carboxylic acid groups (broad SMARTS) is 2. The summed E-state index contributed by atoms with van der Waals surface area (Å²) in [6, 6.07) is 11.3. The molecule has 1 fully saturated rings. The number of nitrogens with one attached hydrogen (secondary N) is 1. The second-order valence-electron chi connectivity index (χ2n) is 7.88. The molecule has 0 saturated carbocycles. The molecule has 0 aromatic heterocycles. The number of nitrogens with zero attached hydrogens (tertiary/aromatic N) is 1. The highest BCUT2D eigenvalue weighted by atomic mass is 32.2. The number of aliphatic carboxylic acids is 1. The molecule has 2 aromatic rings. The quantitative estimate of drug-likeness (QED) is 0.555. The average Bonchev–Trinajstić information content (AvgIpc) is 2.74. The van der Waals surface area contributed by atoms with Gasteiger partial charge in [0.05, 0.1) is 21.8 Å². The van der Waals surface area contributed by atoms with E-state index in [0.29, 0.717) is 22.9 Å². The lowest BCUT2D eigenvalue weighted by atomic mass is 9.98. The van der Waals surface area contributed by atoms with Gasteiger partial charge in [-0.05, 0) is 55.5 Å². The fraction of sp³-hybridized carbons (Fsp3) is 0.364. The number of aromatic carboxylic acids is 1. The number of carboxylic acids is 2. The number of halogens is 3. The maximum atomic E-state index is 12.9. The Bertz CT molecular complexity index is 1140. The van der Waals surface area contributed by atoms with Crippen molar-refractivity contribution >= 4 is 33.3 Å². The Morgan fingerprint density at radius 1 is 1.06 bits per heavy atom. The zero-order chi connectivity index (χ0) is 25.7. The number of carbonyl (C=O) groups is 2. The van der Waals surface area contributed by atoms with E-state index < -0.39 is 28.1 Å². The predicted molar refractivity (Wildman–Crippen MR) is 120 cm³/mol. The highest BCUT2D eigenvalue weighted by Gasteiger charge is 2.38. The average molecular weight is 503 g/mol. The molecule has 2 aromatic carbocycles. The van der Waals surface area contributed by atoms with Crippen LogP contribution in [-0.4, -0.2) is 49.8 Å². The van der Waals surface area contributed by atoms with E-state index in [9.17, 15) is 31.5 Å². The number of benzene rings is 2. The summed E-state index contributed by atoms with van der Waals surface area (Å²) in [5, 5.41) is 16.4. The van der Waals surface area contributed by atoms with Gasteiger partial charge < -0.3 is 15.1 Å². The molecule has 0 bridgehead atoms. The molecule has 1 aliphatic heterocycles. The van der Waals surface area contributed by atoms with Crippen molar-refractivity contribution in [2.75, 3.05) is 22.7 Å². The molecule has 0 spiro atoms. The summed E-state index contributed by atoms with van der Waals surface area (Å²) in [6.45, 7) is 5.56. The van der Waals surface area contributed by atoms with Crippen molar-refractivity contribution in [1.82, 2.24) is 0 Å². The van der Waals surface area contributed by atoms with Gasteiger partial charge in [-0.2, -0.15) is 13.2 Å². The number of alkyl halides is 3. The van der Waals surface area contributed by atoms with Crippen LogP contribution in [0, 0.1) is 12.8 Å². The van der Waals surface area contributed by atoms with Gasteiger partial charge in [-0.1, -0.05) is 25.1 Å². The molecule has 186 valence electrons. The Hall–Kier alpha value is -3.28. The zero-order valence-corrected chi connectivity index (χ0v) is 19.3. The van der Waals surface area contributed by atoms with Crippen LogP contribution < -0.4 is 9.62 Å². The Balaban J connectivity index is 0.000000509. The molecule has 3 rings (SSSR count). The van der Waals surface area contributed by atoms with Crippen LogP contribution >= 0.6 is 0 Å². The molecule has 1 heterocycles. The number of hydrogen-bond acceptors (Lipinski definition) is 5. The second-order valence-corrected chi connectivity index (χ2v) is 9.53. The number of anilines is 2. The predicted octanol–water partition coefficient (Wildman–Crippen LogP) is 4.36. The van der Waals surface area contributed by atoms with Gasteiger partial charge in [-0.15, -0.1) is 0 Å². The van der Waals surface area contributed by atoms with E-state index in [2.05, 4.69) is 16.5 Å². The van der Waals surface area contributed by atoms with Crippen molar-refractivity contribution in [1.29, 1.82) is 0 Å². The number of aryl methyl sites for hydroxylation is 1. The SMILES string of the molecule is Cc1ccccc1S(=O)(=O)Nc1cc(C(=O)O)ccc1N1CCC(C)CC1.O=C(O)C(F)(F)F. The first-order chi connectivity index (χ1) is 15.7. The van der Waals surface area contributed by atoms with Crippen molar-refractivity contribution in [3.8, 4) is 0 Å². The van der Waals surface area contributed by atoms with Gasteiger partial charge in [0.25, 0.3) is 10.0 Å². The highest BCUT2D eigenvalue weighted by Crippen LogP contribution is 2.33. The molecule has 8 nitrogen and oxygen atoms in total. The molecule has 34 heavy (non-hydrogen) atoms. The summed E-state index contributed by atoms with van der Waals surface area (Å²) in [4.78, 5) is 22.6. The number of piperidine rings is 1. The topological polar surface area (TPSA) is 124 Å². The van der Waals surface area contributed by atoms with E-state index in [4.69, 9.17) is 9.90 Å². The largest absolute Gasteiger partial charge is 0.490 e. The molecular formula is C22H25F3N2O6S. The van der Waals surface area contributed by atoms with Crippen LogP contribution in [0.2, 0.25) is 0 Å². The molecule has 12 heteroatoms. The Morgan fingerprint density at radius 2 is 1.62 bits per heavy atom. The molecular weight excluding hydrogens is 477 g/mol. The van der Waals surface area contributed by atoms with Crippen molar-refractivity contribution in [2.45, 2.75) is 37.8 Å². The number of hydrogen-bond donors (Lipinski definition) is 3.